The quantitative estimate of drug-likeness (QED) is 0.385. The van der Waals surface area contributed by atoms with Crippen molar-refractivity contribution in [2.45, 2.75) is 4.90 Å². The Morgan fingerprint density at radius 3 is 2.65 bits per heavy atom. The molecule has 34 heavy (non-hydrogen) atoms. The second-order valence-electron chi connectivity index (χ2n) is 7.95. The third-order valence-corrected chi connectivity index (χ3v) is 8.35. The lowest BCUT2D eigenvalue weighted by molar-refractivity contribution is 0.589. The van der Waals surface area contributed by atoms with Crippen LogP contribution in [0.25, 0.3) is 21.3 Å². The highest BCUT2D eigenvalue weighted by molar-refractivity contribution is 7.90. The van der Waals surface area contributed by atoms with E-state index in [1.807, 2.05) is 18.2 Å². The molecule has 1 fully saturated rings. The number of rotatable bonds is 5. The predicted molar refractivity (Wildman–Crippen MR) is 135 cm³/mol. The molecule has 0 bridgehead atoms. The largest absolute Gasteiger partial charge is 0.369 e. The van der Waals surface area contributed by atoms with Crippen LogP contribution in [0.15, 0.2) is 71.3 Å². The summed E-state index contributed by atoms with van der Waals surface area (Å²) in [5, 5.41) is 7.18. The van der Waals surface area contributed by atoms with Gasteiger partial charge in [0.05, 0.1) is 10.2 Å². The molecule has 0 radical (unpaired) electrons. The van der Waals surface area contributed by atoms with Crippen LogP contribution >= 0.6 is 11.3 Å². The van der Waals surface area contributed by atoms with Gasteiger partial charge in [-0.05, 0) is 42.5 Å². The number of nitrogens with zero attached hydrogens (tertiary/aromatic N) is 5. The highest BCUT2D eigenvalue weighted by Gasteiger charge is 2.23. The molecule has 5 aromatic rings. The molecule has 0 amide bonds. The summed E-state index contributed by atoms with van der Waals surface area (Å²) >= 11 is 1.41. The van der Waals surface area contributed by atoms with Crippen LogP contribution in [0, 0.1) is 0 Å². The summed E-state index contributed by atoms with van der Waals surface area (Å²) in [7, 11) is -3.89. The van der Waals surface area contributed by atoms with E-state index in [0.717, 1.165) is 36.6 Å². The molecule has 1 aliphatic heterocycles. The van der Waals surface area contributed by atoms with Gasteiger partial charge in [-0.15, -0.1) is 11.3 Å². The Bertz CT molecular complexity index is 1590. The molecule has 2 N–H and O–H groups in total. The van der Waals surface area contributed by atoms with Gasteiger partial charge in [-0.2, -0.15) is 4.98 Å². The SMILES string of the molecule is O=S(=O)(c1cccc2scnc12)n1ccc2cnc(Nc3ccc(N4CCNCC4)cc3)nc21. The number of nitrogens with one attached hydrogen (secondary N) is 2. The molecule has 1 saturated heterocycles. The molecule has 1 aliphatic rings. The smallest absolute Gasteiger partial charge is 0.271 e. The summed E-state index contributed by atoms with van der Waals surface area (Å²) in [6, 6.07) is 14.9. The van der Waals surface area contributed by atoms with Gasteiger partial charge in [0.2, 0.25) is 5.95 Å². The highest BCUT2D eigenvalue weighted by atomic mass is 32.2. The van der Waals surface area contributed by atoms with Crippen LogP contribution in [0.4, 0.5) is 17.3 Å². The lowest BCUT2D eigenvalue weighted by atomic mass is 10.2. The van der Waals surface area contributed by atoms with Gasteiger partial charge in [0.1, 0.15) is 10.4 Å². The van der Waals surface area contributed by atoms with Gasteiger partial charge in [0, 0.05) is 55.3 Å². The highest BCUT2D eigenvalue weighted by Crippen LogP contribution is 2.29. The maximum Gasteiger partial charge on any atom is 0.271 e. The first-order chi connectivity index (χ1) is 16.6. The van der Waals surface area contributed by atoms with E-state index in [1.165, 1.54) is 27.2 Å². The number of para-hydroxylation sites is 1. The minimum absolute atomic E-state index is 0.153. The lowest BCUT2D eigenvalue weighted by Gasteiger charge is -2.29. The summed E-state index contributed by atoms with van der Waals surface area (Å²) in [5.41, 5.74) is 4.41. The lowest BCUT2D eigenvalue weighted by Crippen LogP contribution is -2.43. The molecule has 0 unspecified atom stereocenters. The Labute approximate surface area is 200 Å². The number of fused-ring (bicyclic) bond motifs is 2. The average molecular weight is 492 g/mol. The van der Waals surface area contributed by atoms with Crippen LogP contribution in [0.1, 0.15) is 0 Å². The first kappa shape index (κ1) is 21.0. The van der Waals surface area contributed by atoms with E-state index in [-0.39, 0.29) is 4.90 Å². The van der Waals surface area contributed by atoms with Crippen LogP contribution in [0.5, 0.6) is 0 Å². The number of anilines is 3. The number of hydrogen-bond donors (Lipinski definition) is 2. The Kier molecular flexibility index (Phi) is 5.16. The molecule has 2 aromatic carbocycles. The zero-order chi connectivity index (χ0) is 23.1. The van der Waals surface area contributed by atoms with Crippen molar-refractivity contribution in [2.75, 3.05) is 36.4 Å². The van der Waals surface area contributed by atoms with Crippen molar-refractivity contribution in [2.24, 2.45) is 0 Å². The standard InChI is InChI=1S/C23H21N7O2S2/c31-34(32,20-3-1-2-19-21(20)26-15-33-19)30-11-8-16-14-25-23(28-22(16)30)27-17-4-6-18(7-5-17)29-12-9-24-10-13-29/h1-8,11,14-15,24H,9-10,12-13H2,(H,25,27,28). The minimum atomic E-state index is -3.89. The van der Waals surface area contributed by atoms with Gasteiger partial charge in [-0.25, -0.2) is 22.4 Å². The number of benzene rings is 2. The van der Waals surface area contributed by atoms with Crippen molar-refractivity contribution in [3.63, 3.8) is 0 Å². The fourth-order valence-electron chi connectivity index (χ4n) is 4.13. The molecule has 172 valence electrons. The Balaban J connectivity index is 1.32. The molecular formula is C23H21N7O2S2. The minimum Gasteiger partial charge on any atom is -0.369 e. The third-order valence-electron chi connectivity index (χ3n) is 5.86. The van der Waals surface area contributed by atoms with Crippen molar-refractivity contribution < 1.29 is 8.42 Å². The average Bonchev–Trinajstić information content (AvgIpc) is 3.52. The molecular weight excluding hydrogens is 470 g/mol. The molecule has 0 atom stereocenters. The van der Waals surface area contributed by atoms with Gasteiger partial charge in [-0.3, -0.25) is 0 Å². The molecule has 9 nitrogen and oxygen atoms in total. The van der Waals surface area contributed by atoms with Crippen LogP contribution in [-0.2, 0) is 10.0 Å². The van der Waals surface area contributed by atoms with Crippen molar-refractivity contribution in [3.05, 3.63) is 66.4 Å². The summed E-state index contributed by atoms with van der Waals surface area (Å²) in [5.74, 6) is 0.324. The summed E-state index contributed by atoms with van der Waals surface area (Å²) in [4.78, 5) is 15.6. The second-order valence-corrected chi connectivity index (χ2v) is 10.6. The number of piperazine rings is 1. The molecule has 6 rings (SSSR count). The van der Waals surface area contributed by atoms with Crippen LogP contribution < -0.4 is 15.5 Å². The summed E-state index contributed by atoms with van der Waals surface area (Å²) in [6.07, 6.45) is 3.13. The van der Waals surface area contributed by atoms with Crippen molar-refractivity contribution in [3.8, 4) is 0 Å². The third kappa shape index (κ3) is 3.67. The van der Waals surface area contributed by atoms with Crippen molar-refractivity contribution in [1.29, 1.82) is 0 Å². The second kappa shape index (κ2) is 8.35. The van der Waals surface area contributed by atoms with Gasteiger partial charge in [-0.1, -0.05) is 6.07 Å². The number of aromatic nitrogens is 4. The number of thiazole rings is 1. The van der Waals surface area contributed by atoms with Gasteiger partial charge in [0.25, 0.3) is 10.0 Å². The zero-order valence-corrected chi connectivity index (χ0v) is 19.7. The predicted octanol–water partition coefficient (Wildman–Crippen LogP) is 3.43. The van der Waals surface area contributed by atoms with Crippen LogP contribution in [-0.4, -0.2) is 53.5 Å². The maximum atomic E-state index is 13.5. The normalized spacial score (nSPS) is 14.6. The monoisotopic (exact) mass is 491 g/mol. The van der Waals surface area contributed by atoms with Gasteiger partial charge >= 0.3 is 0 Å². The van der Waals surface area contributed by atoms with E-state index in [2.05, 4.69) is 42.6 Å². The zero-order valence-electron chi connectivity index (χ0n) is 18.0. The Morgan fingerprint density at radius 2 is 1.82 bits per heavy atom. The van der Waals surface area contributed by atoms with E-state index < -0.39 is 10.0 Å². The van der Waals surface area contributed by atoms with Crippen molar-refractivity contribution >= 4 is 59.9 Å². The van der Waals surface area contributed by atoms with Crippen molar-refractivity contribution in [1.82, 2.24) is 24.2 Å². The van der Waals surface area contributed by atoms with E-state index in [4.69, 9.17) is 0 Å². The molecule has 4 heterocycles. The first-order valence-corrected chi connectivity index (χ1v) is 13.2. The van der Waals surface area contributed by atoms with E-state index in [1.54, 1.807) is 29.9 Å². The number of hydrogen-bond acceptors (Lipinski definition) is 9. The topological polar surface area (TPSA) is 105 Å². The maximum absolute atomic E-state index is 13.5. The first-order valence-electron chi connectivity index (χ1n) is 10.8. The molecule has 0 spiro atoms. The van der Waals surface area contributed by atoms with E-state index in [0.29, 0.717) is 22.5 Å². The van der Waals surface area contributed by atoms with Crippen LogP contribution in [0.3, 0.4) is 0 Å². The molecule has 0 saturated carbocycles. The molecule has 0 aliphatic carbocycles. The Morgan fingerprint density at radius 1 is 1.00 bits per heavy atom. The van der Waals surface area contributed by atoms with E-state index in [9.17, 15) is 8.42 Å². The van der Waals surface area contributed by atoms with Gasteiger partial charge < -0.3 is 15.5 Å². The fraction of sp³-hybridized carbons (Fsp3) is 0.174. The molecule has 11 heteroatoms. The van der Waals surface area contributed by atoms with Crippen LogP contribution in [0.2, 0.25) is 0 Å². The summed E-state index contributed by atoms with van der Waals surface area (Å²) in [6.45, 7) is 3.92. The van der Waals surface area contributed by atoms with E-state index >= 15 is 0 Å². The van der Waals surface area contributed by atoms with Gasteiger partial charge in [0.15, 0.2) is 5.65 Å². The molecule has 3 aromatic heterocycles. The fourth-order valence-corrected chi connectivity index (χ4v) is 6.36. The summed E-state index contributed by atoms with van der Waals surface area (Å²) < 4.78 is 29.0. The Hall–Kier alpha value is -3.54.